The number of hydrogen-bond acceptors (Lipinski definition) is 7. The van der Waals surface area contributed by atoms with Crippen LogP contribution in [-0.2, 0) is 6.42 Å². The number of benzene rings is 3. The molecule has 0 radical (unpaired) electrons. The largest absolute Gasteiger partial charge is 0.493 e. The Hall–Kier alpha value is -3.68. The number of ether oxygens (including phenoxy) is 5. The monoisotopic (exact) mass is 509 g/mol. The lowest BCUT2D eigenvalue weighted by atomic mass is 9.94. The maximum atomic E-state index is 11.4. The molecule has 3 aromatic carbocycles. The number of aliphatic hydroxyl groups excluding tert-OH is 1. The number of halogens is 1. The van der Waals surface area contributed by atoms with Crippen LogP contribution in [0.5, 0.6) is 28.7 Å². The number of hydrogen-bond donors (Lipinski definition) is 1. The van der Waals surface area contributed by atoms with Gasteiger partial charge in [0.25, 0.3) is 0 Å². The highest BCUT2D eigenvalue weighted by atomic mass is 35.5. The van der Waals surface area contributed by atoms with Gasteiger partial charge < -0.3 is 28.8 Å². The van der Waals surface area contributed by atoms with Crippen LogP contribution in [0.3, 0.4) is 0 Å². The highest BCUT2D eigenvalue weighted by molar-refractivity contribution is 6.30. The van der Waals surface area contributed by atoms with Crippen molar-refractivity contribution in [2.75, 3.05) is 35.5 Å². The molecule has 4 rings (SSSR count). The topological polar surface area (TPSA) is 79.3 Å². The van der Waals surface area contributed by atoms with Gasteiger partial charge in [0.15, 0.2) is 23.0 Å². The number of methoxy groups -OCH3 is 5. The van der Waals surface area contributed by atoms with Crippen LogP contribution in [0, 0.1) is 0 Å². The molecule has 1 heterocycles. The zero-order chi connectivity index (χ0) is 25.8. The van der Waals surface area contributed by atoms with Crippen LogP contribution in [0.15, 0.2) is 54.7 Å². The van der Waals surface area contributed by atoms with Crippen molar-refractivity contribution in [3.63, 3.8) is 0 Å². The fourth-order valence-corrected chi connectivity index (χ4v) is 4.52. The third kappa shape index (κ3) is 4.59. The van der Waals surface area contributed by atoms with Gasteiger partial charge in [-0.1, -0.05) is 35.9 Å². The van der Waals surface area contributed by atoms with Crippen LogP contribution in [0.2, 0.25) is 5.02 Å². The minimum absolute atomic E-state index is 0.412. The van der Waals surface area contributed by atoms with Crippen LogP contribution >= 0.6 is 11.6 Å². The van der Waals surface area contributed by atoms with Gasteiger partial charge in [-0.05, 0) is 40.8 Å². The van der Waals surface area contributed by atoms with E-state index in [1.807, 2.05) is 24.3 Å². The van der Waals surface area contributed by atoms with Crippen LogP contribution < -0.4 is 23.7 Å². The van der Waals surface area contributed by atoms with Crippen molar-refractivity contribution >= 4 is 22.4 Å². The van der Waals surface area contributed by atoms with E-state index < -0.39 is 6.10 Å². The first-order valence-corrected chi connectivity index (χ1v) is 11.6. The van der Waals surface area contributed by atoms with Crippen molar-refractivity contribution in [2.24, 2.45) is 0 Å². The van der Waals surface area contributed by atoms with Crippen molar-refractivity contribution in [3.05, 3.63) is 82.1 Å². The van der Waals surface area contributed by atoms with Crippen LogP contribution in [-0.4, -0.2) is 45.6 Å². The van der Waals surface area contributed by atoms with Gasteiger partial charge in [0.05, 0.1) is 46.6 Å². The molecule has 0 unspecified atom stereocenters. The Balaban J connectivity index is 1.98. The molecule has 0 saturated carbocycles. The van der Waals surface area contributed by atoms with Gasteiger partial charge in [0.2, 0.25) is 5.75 Å². The molecule has 1 atom stereocenters. The van der Waals surface area contributed by atoms with Gasteiger partial charge in [-0.3, -0.25) is 4.98 Å². The number of pyridine rings is 1. The number of para-hydroxylation sites is 1. The van der Waals surface area contributed by atoms with Gasteiger partial charge in [-0.2, -0.15) is 0 Å². The van der Waals surface area contributed by atoms with Crippen molar-refractivity contribution in [1.82, 2.24) is 4.98 Å². The van der Waals surface area contributed by atoms with E-state index in [0.717, 1.165) is 16.5 Å². The Morgan fingerprint density at radius 3 is 2.06 bits per heavy atom. The van der Waals surface area contributed by atoms with E-state index in [4.69, 9.17) is 40.3 Å². The van der Waals surface area contributed by atoms with Crippen molar-refractivity contribution in [3.8, 4) is 28.7 Å². The highest BCUT2D eigenvalue weighted by Crippen LogP contribution is 2.47. The van der Waals surface area contributed by atoms with E-state index in [0.29, 0.717) is 56.8 Å². The summed E-state index contributed by atoms with van der Waals surface area (Å²) >= 11 is 6.06. The molecule has 1 aromatic heterocycles. The molecule has 0 bridgehead atoms. The normalized spacial score (nSPS) is 11.8. The molecule has 0 aliphatic carbocycles. The number of aromatic nitrogens is 1. The molecule has 7 nitrogen and oxygen atoms in total. The molecule has 36 heavy (non-hydrogen) atoms. The molecule has 0 spiro atoms. The van der Waals surface area contributed by atoms with Gasteiger partial charge in [0.1, 0.15) is 6.10 Å². The molecule has 0 fully saturated rings. The van der Waals surface area contributed by atoms with E-state index in [2.05, 4.69) is 0 Å². The second-order valence-electron chi connectivity index (χ2n) is 8.02. The number of fused-ring (bicyclic) bond motifs is 1. The first-order chi connectivity index (χ1) is 17.5. The first-order valence-electron chi connectivity index (χ1n) is 11.2. The minimum Gasteiger partial charge on any atom is -0.493 e. The van der Waals surface area contributed by atoms with Gasteiger partial charge in [-0.15, -0.1) is 0 Å². The summed E-state index contributed by atoms with van der Waals surface area (Å²) in [7, 11) is 7.87. The summed E-state index contributed by atoms with van der Waals surface area (Å²) in [6, 6.07) is 14.6. The zero-order valence-corrected chi connectivity index (χ0v) is 21.6. The van der Waals surface area contributed by atoms with Crippen LogP contribution in [0.4, 0.5) is 0 Å². The third-order valence-corrected chi connectivity index (χ3v) is 6.35. The SMILES string of the molecule is COc1cccc(Cc2cnc([C@H](O)c3ccc(Cl)cc3)c3c(OC)c(OC)c(OC)cc23)c1OC. The van der Waals surface area contributed by atoms with Crippen molar-refractivity contribution < 1.29 is 28.8 Å². The standard InChI is InChI=1S/C28H28ClNO6/c1-32-21-8-6-7-17(26(21)34-3)13-18-15-30-24(25(31)16-9-11-19(29)12-10-16)23-20(18)14-22(33-2)27(35-4)28(23)36-5/h6-12,14-15,25,31H,13H2,1-5H3/t25-/m1/s1. The summed E-state index contributed by atoms with van der Waals surface area (Å²) < 4.78 is 28.2. The van der Waals surface area contributed by atoms with Crippen LogP contribution in [0.25, 0.3) is 10.8 Å². The summed E-state index contributed by atoms with van der Waals surface area (Å²) in [5.74, 6) is 2.61. The molecule has 1 N–H and O–H groups in total. The van der Waals surface area contributed by atoms with Gasteiger partial charge in [0, 0.05) is 23.2 Å². The molecule has 188 valence electrons. The second kappa shape index (κ2) is 10.9. The maximum absolute atomic E-state index is 11.4. The Morgan fingerprint density at radius 2 is 1.44 bits per heavy atom. The Kier molecular flexibility index (Phi) is 7.72. The van der Waals surface area contributed by atoms with Gasteiger partial charge in [-0.25, -0.2) is 0 Å². The van der Waals surface area contributed by atoms with Crippen molar-refractivity contribution in [1.29, 1.82) is 0 Å². The fraction of sp³-hybridized carbons (Fsp3) is 0.250. The van der Waals surface area contributed by atoms with Crippen LogP contribution in [0.1, 0.15) is 28.5 Å². The van der Waals surface area contributed by atoms with E-state index in [-0.39, 0.29) is 0 Å². The summed E-state index contributed by atoms with van der Waals surface area (Å²) in [4.78, 5) is 4.71. The Labute approximate surface area is 215 Å². The van der Waals surface area contributed by atoms with E-state index in [1.54, 1.807) is 66.0 Å². The summed E-state index contributed by atoms with van der Waals surface area (Å²) in [5, 5.41) is 13.4. The predicted molar refractivity (Wildman–Crippen MR) is 139 cm³/mol. The second-order valence-corrected chi connectivity index (χ2v) is 8.46. The Bertz CT molecular complexity index is 1370. The molecular formula is C28H28ClNO6. The number of rotatable bonds is 9. The number of nitrogens with zero attached hydrogens (tertiary/aromatic N) is 1. The molecule has 0 aliphatic heterocycles. The molecule has 0 aliphatic rings. The minimum atomic E-state index is -1.03. The molecule has 8 heteroatoms. The maximum Gasteiger partial charge on any atom is 0.204 e. The summed E-state index contributed by atoms with van der Waals surface area (Å²) in [5.41, 5.74) is 2.86. The highest BCUT2D eigenvalue weighted by Gasteiger charge is 2.25. The molecule has 0 amide bonds. The Morgan fingerprint density at radius 1 is 0.778 bits per heavy atom. The van der Waals surface area contributed by atoms with E-state index in [9.17, 15) is 5.11 Å². The quantitative estimate of drug-likeness (QED) is 0.314. The predicted octanol–water partition coefficient (Wildman–Crippen LogP) is 5.60. The first kappa shape index (κ1) is 25.4. The lowest BCUT2D eigenvalue weighted by Gasteiger charge is -2.21. The lowest BCUT2D eigenvalue weighted by Crippen LogP contribution is -2.07. The summed E-state index contributed by atoms with van der Waals surface area (Å²) in [6.45, 7) is 0. The molecular weight excluding hydrogens is 482 g/mol. The van der Waals surface area contributed by atoms with E-state index >= 15 is 0 Å². The lowest BCUT2D eigenvalue weighted by molar-refractivity contribution is 0.216. The zero-order valence-electron chi connectivity index (χ0n) is 20.8. The summed E-state index contributed by atoms with van der Waals surface area (Å²) in [6.07, 6.45) is 1.21. The smallest absolute Gasteiger partial charge is 0.204 e. The molecule has 4 aromatic rings. The average Bonchev–Trinajstić information content (AvgIpc) is 2.91. The van der Waals surface area contributed by atoms with Crippen molar-refractivity contribution in [2.45, 2.75) is 12.5 Å². The fourth-order valence-electron chi connectivity index (χ4n) is 4.39. The average molecular weight is 510 g/mol. The third-order valence-electron chi connectivity index (χ3n) is 6.10. The molecule has 0 saturated heterocycles. The number of aliphatic hydroxyl groups is 1. The van der Waals surface area contributed by atoms with Gasteiger partial charge >= 0.3 is 0 Å². The van der Waals surface area contributed by atoms with E-state index in [1.165, 1.54) is 0 Å².